The summed E-state index contributed by atoms with van der Waals surface area (Å²) in [7, 11) is 0. The Balaban J connectivity index is 0.000000107. The zero-order chi connectivity index (χ0) is 94.4. The molecule has 143 heavy (non-hydrogen) atoms. The molecule has 0 radical (unpaired) electrons. The van der Waals surface area contributed by atoms with Gasteiger partial charge in [0.1, 0.15) is 22.3 Å². The second-order valence-corrected chi connectivity index (χ2v) is 37.5. The summed E-state index contributed by atoms with van der Waals surface area (Å²) >= 11 is 1.87. The molecule has 29 aromatic rings. The first-order valence-electron chi connectivity index (χ1n) is 48.7. The first kappa shape index (κ1) is 83.6. The number of fused-ring (bicyclic) bond motifs is 20. The minimum absolute atomic E-state index is 0.867. The van der Waals surface area contributed by atoms with Crippen molar-refractivity contribution in [3.63, 3.8) is 0 Å². The summed E-state index contributed by atoms with van der Waals surface area (Å²) in [4.78, 5) is 7.22. The highest BCUT2D eigenvalue weighted by Crippen LogP contribution is 2.53. The van der Waals surface area contributed by atoms with Gasteiger partial charge in [-0.15, -0.1) is 11.3 Å². The fraction of sp³-hybridized carbons (Fsp3) is 0. The molecule has 0 unspecified atom stereocenters. The quantitative estimate of drug-likeness (QED) is 0.102. The highest BCUT2D eigenvalue weighted by Gasteiger charge is 2.29. The zero-order valence-corrected chi connectivity index (χ0v) is 78.5. The van der Waals surface area contributed by atoms with E-state index in [1.165, 1.54) is 135 Å². The standard InChI is InChI=1S/C46H30N2O.C46H30N2S.C42H28N2O/c1-2-14-33(15-3-1)48-42-21-8-6-17-38(42)41-20-11-22-43(46(41)48)47(35-28-29-40-39-18-7-9-23-44(39)49-45(40)30-35)34-26-24-32(25-27-34)37-19-10-13-31-12-4-5-16-36(31)37;1-2-15-33(16-3-1)48-41-23-8-6-18-37(41)39-21-11-24-42(45(39)48)47(43-25-12-22-40-38-19-7-9-26-44(38)49-46(40)43)34-29-27-32(28-30-34)36-20-10-14-31-13-4-5-17-35(31)36;1-3-12-29(13-4-1)30-22-24-32(25-23-30)43(33-26-27-36-35-17-8-10-21-40(35)45-41(36)28-33)39-20-11-18-37-34-16-7-9-19-38(34)44(42(37)39)31-14-5-2-6-15-31/h2*1-30H;1-28H. The van der Waals surface area contributed by atoms with Gasteiger partial charge in [-0.25, -0.2) is 0 Å². The average Bonchev–Trinajstić information content (AvgIpc) is 1.54. The number of benzene rings is 23. The minimum atomic E-state index is 0.867. The van der Waals surface area contributed by atoms with E-state index in [0.717, 1.165) is 117 Å². The van der Waals surface area contributed by atoms with E-state index in [-0.39, 0.29) is 0 Å². The normalized spacial score (nSPS) is 11.6. The molecule has 0 aliphatic heterocycles. The topological polar surface area (TPSA) is 50.8 Å². The number of rotatable bonds is 15. The predicted octanol–water partition coefficient (Wildman–Crippen LogP) is 38.2. The Bertz CT molecular complexity index is 9920. The van der Waals surface area contributed by atoms with Crippen molar-refractivity contribution < 1.29 is 8.83 Å². The molecule has 0 N–H and O–H groups in total. The maximum atomic E-state index is 6.43. The van der Waals surface area contributed by atoms with Crippen molar-refractivity contribution in [2.45, 2.75) is 0 Å². The van der Waals surface area contributed by atoms with Crippen molar-refractivity contribution in [3.05, 3.63) is 534 Å². The molecule has 0 fully saturated rings. The maximum Gasteiger partial charge on any atom is 0.137 e. The molecule has 23 aromatic carbocycles. The Labute approximate surface area is 829 Å². The Morgan fingerprint density at radius 2 is 0.469 bits per heavy atom. The molecule has 0 saturated heterocycles. The third-order valence-corrected chi connectivity index (χ3v) is 29.5. The van der Waals surface area contributed by atoms with Gasteiger partial charge in [0.25, 0.3) is 0 Å². The molecule has 0 atom stereocenters. The number of hydrogen-bond acceptors (Lipinski definition) is 6. The van der Waals surface area contributed by atoms with E-state index in [9.17, 15) is 0 Å². The van der Waals surface area contributed by atoms with Gasteiger partial charge in [0.2, 0.25) is 0 Å². The van der Waals surface area contributed by atoms with E-state index in [4.69, 9.17) is 8.83 Å². The highest BCUT2D eigenvalue weighted by atomic mass is 32.1. The van der Waals surface area contributed by atoms with E-state index in [0.29, 0.717) is 0 Å². The summed E-state index contributed by atoms with van der Waals surface area (Å²) in [6.45, 7) is 0. The molecule has 0 saturated carbocycles. The Morgan fingerprint density at radius 1 is 0.175 bits per heavy atom. The van der Waals surface area contributed by atoms with Crippen molar-refractivity contribution in [1.29, 1.82) is 0 Å². The van der Waals surface area contributed by atoms with Gasteiger partial charge < -0.3 is 37.2 Å². The van der Waals surface area contributed by atoms with E-state index in [1.807, 2.05) is 35.6 Å². The van der Waals surface area contributed by atoms with Crippen molar-refractivity contribution in [2.24, 2.45) is 0 Å². The summed E-state index contributed by atoms with van der Waals surface area (Å²) in [5, 5.41) is 19.4. The molecule has 0 aliphatic carbocycles. The SMILES string of the molecule is c1ccc(-c2ccc(N(c3ccc4c(c3)oc3ccccc34)c3cccc4c5ccccc5n(-c5ccccc5)c34)cc2)cc1.c1ccc(-n2c3ccccc3c3cccc(N(c4ccc(-c5cccc6ccccc56)cc4)c4ccc5c(c4)oc4ccccc45)c32)cc1.c1ccc(-n2c3ccccc3c3cccc(N(c4ccc(-c5cccc6ccccc56)cc4)c4cccc5c4sc4ccccc45)c32)cc1. The van der Waals surface area contributed by atoms with Crippen molar-refractivity contribution in [2.75, 3.05) is 14.7 Å². The first-order chi connectivity index (χ1) is 71.0. The predicted molar refractivity (Wildman–Crippen MR) is 605 cm³/mol. The average molecular weight is 1850 g/mol. The number of hydrogen-bond donors (Lipinski definition) is 0. The number of furan rings is 2. The lowest BCUT2D eigenvalue weighted by atomic mass is 9.98. The van der Waals surface area contributed by atoms with E-state index in [2.05, 4.69) is 538 Å². The Morgan fingerprint density at radius 3 is 0.902 bits per heavy atom. The van der Waals surface area contributed by atoms with E-state index >= 15 is 0 Å². The molecular weight excluding hydrogens is 1760 g/mol. The maximum absolute atomic E-state index is 6.43. The van der Waals surface area contributed by atoms with Crippen molar-refractivity contribution >= 4 is 214 Å². The van der Waals surface area contributed by atoms with Crippen LogP contribution in [0.4, 0.5) is 51.2 Å². The van der Waals surface area contributed by atoms with Gasteiger partial charge in [-0.3, -0.25) is 0 Å². The van der Waals surface area contributed by atoms with Gasteiger partial charge in [0.05, 0.1) is 60.5 Å². The lowest BCUT2D eigenvalue weighted by Crippen LogP contribution is -2.12. The third kappa shape index (κ3) is 14.5. The lowest BCUT2D eigenvalue weighted by molar-refractivity contribution is 0.668. The van der Waals surface area contributed by atoms with Crippen LogP contribution in [0, 0.1) is 0 Å². The van der Waals surface area contributed by atoms with Crippen LogP contribution < -0.4 is 14.7 Å². The smallest absolute Gasteiger partial charge is 0.137 e. The largest absolute Gasteiger partial charge is 0.456 e. The summed E-state index contributed by atoms with van der Waals surface area (Å²) in [6.07, 6.45) is 0. The second kappa shape index (κ2) is 35.3. The molecule has 0 amide bonds. The Hall–Kier alpha value is -18.8. The van der Waals surface area contributed by atoms with Crippen molar-refractivity contribution in [1.82, 2.24) is 13.7 Å². The van der Waals surface area contributed by atoms with Crippen LogP contribution in [0.25, 0.3) is 201 Å². The van der Waals surface area contributed by atoms with Crippen LogP contribution in [-0.4, -0.2) is 13.7 Å². The van der Waals surface area contributed by atoms with E-state index in [1.54, 1.807) is 0 Å². The van der Waals surface area contributed by atoms with E-state index < -0.39 is 0 Å². The molecule has 9 heteroatoms. The summed E-state index contributed by atoms with van der Waals surface area (Å²) in [5.41, 5.74) is 31.0. The molecule has 6 aromatic heterocycles. The first-order valence-corrected chi connectivity index (χ1v) is 49.5. The molecule has 672 valence electrons. The summed E-state index contributed by atoms with van der Waals surface area (Å²) in [6, 6.07) is 191. The van der Waals surface area contributed by atoms with Gasteiger partial charge in [-0.05, 0) is 213 Å². The van der Waals surface area contributed by atoms with Crippen LogP contribution in [0.3, 0.4) is 0 Å². The number of para-hydroxylation sites is 11. The zero-order valence-electron chi connectivity index (χ0n) is 77.7. The molecule has 0 bridgehead atoms. The second-order valence-electron chi connectivity index (χ2n) is 36.5. The van der Waals surface area contributed by atoms with Crippen molar-refractivity contribution in [3.8, 4) is 50.4 Å². The van der Waals surface area contributed by atoms with Crippen LogP contribution in [0.15, 0.2) is 543 Å². The minimum Gasteiger partial charge on any atom is -0.456 e. The van der Waals surface area contributed by atoms with Crippen LogP contribution in [0.2, 0.25) is 0 Å². The number of anilines is 9. The van der Waals surface area contributed by atoms with Gasteiger partial charge in [-0.2, -0.15) is 0 Å². The number of nitrogens with zero attached hydrogens (tertiary/aromatic N) is 6. The van der Waals surface area contributed by atoms with Gasteiger partial charge in [0.15, 0.2) is 0 Å². The fourth-order valence-corrected chi connectivity index (χ4v) is 23.1. The van der Waals surface area contributed by atoms with Gasteiger partial charge >= 0.3 is 0 Å². The van der Waals surface area contributed by atoms with Crippen LogP contribution >= 0.6 is 11.3 Å². The Kier molecular flexibility index (Phi) is 20.6. The van der Waals surface area contributed by atoms with Crippen LogP contribution in [0.1, 0.15) is 0 Å². The molecule has 0 spiro atoms. The number of aromatic nitrogens is 3. The molecular formula is C134H88N6O2S. The van der Waals surface area contributed by atoms with Crippen LogP contribution in [-0.2, 0) is 0 Å². The highest BCUT2D eigenvalue weighted by molar-refractivity contribution is 7.26. The lowest BCUT2D eigenvalue weighted by Gasteiger charge is -2.28. The molecule has 6 heterocycles. The number of thiophene rings is 1. The van der Waals surface area contributed by atoms with Gasteiger partial charge in [0, 0.05) is 127 Å². The summed E-state index contributed by atoms with van der Waals surface area (Å²) < 4.78 is 22.6. The molecule has 29 rings (SSSR count). The fourth-order valence-electron chi connectivity index (χ4n) is 21.9. The molecule has 0 aliphatic rings. The van der Waals surface area contributed by atoms with Crippen LogP contribution in [0.5, 0.6) is 0 Å². The summed E-state index contributed by atoms with van der Waals surface area (Å²) in [5.74, 6) is 0. The van der Waals surface area contributed by atoms with Gasteiger partial charge in [-0.1, -0.05) is 364 Å². The monoisotopic (exact) mass is 1840 g/mol. The third-order valence-electron chi connectivity index (χ3n) is 28.3. The molecule has 8 nitrogen and oxygen atoms in total.